The number of aliphatic hydroxyl groups excluding tert-OH is 1. The summed E-state index contributed by atoms with van der Waals surface area (Å²) in [6.45, 7) is 4.22. The third-order valence-corrected chi connectivity index (χ3v) is 3.99. The Bertz CT molecular complexity index is 198. The molecule has 13 heavy (non-hydrogen) atoms. The van der Waals surface area contributed by atoms with Gasteiger partial charge in [-0.3, -0.25) is 4.79 Å². The number of nitrogens with zero attached hydrogens (tertiary/aromatic N) is 1. The number of thioether (sulfide) groups is 1. The van der Waals surface area contributed by atoms with Crippen molar-refractivity contribution in [2.45, 2.75) is 43.4 Å². The highest BCUT2D eigenvalue weighted by Gasteiger charge is 2.36. The lowest BCUT2D eigenvalue weighted by atomic mass is 10.3. The summed E-state index contributed by atoms with van der Waals surface area (Å²) in [7, 11) is 1.66. The fourth-order valence-corrected chi connectivity index (χ4v) is 2.63. The third-order valence-electron chi connectivity index (χ3n) is 2.47. The molecule has 1 aliphatic heterocycles. The Morgan fingerprint density at radius 1 is 1.77 bits per heavy atom. The molecule has 0 radical (unpaired) electrons. The van der Waals surface area contributed by atoms with Crippen LogP contribution in [0.3, 0.4) is 0 Å². The van der Waals surface area contributed by atoms with Crippen molar-refractivity contribution in [3.05, 3.63) is 0 Å². The molecule has 1 fully saturated rings. The molecule has 0 aromatic rings. The van der Waals surface area contributed by atoms with Crippen molar-refractivity contribution in [1.82, 2.24) is 4.90 Å². The second-order valence-corrected chi connectivity index (χ2v) is 5.15. The maximum absolute atomic E-state index is 11.5. The zero-order valence-electron chi connectivity index (χ0n) is 8.36. The van der Waals surface area contributed by atoms with Gasteiger partial charge in [0, 0.05) is 18.7 Å². The first-order valence-electron chi connectivity index (χ1n) is 4.66. The van der Waals surface area contributed by atoms with E-state index in [1.165, 1.54) is 4.90 Å². The first-order chi connectivity index (χ1) is 6.06. The molecule has 1 amide bonds. The van der Waals surface area contributed by atoms with Crippen LogP contribution in [0.25, 0.3) is 0 Å². The Kier molecular flexibility index (Phi) is 3.62. The van der Waals surface area contributed by atoms with E-state index in [-0.39, 0.29) is 11.2 Å². The van der Waals surface area contributed by atoms with E-state index in [1.54, 1.807) is 18.8 Å². The molecule has 1 aliphatic rings. The molecular weight excluding hydrogens is 186 g/mol. The summed E-state index contributed by atoms with van der Waals surface area (Å²) in [6, 6.07) is 0. The molecule has 0 aromatic heterocycles. The van der Waals surface area contributed by atoms with Crippen LogP contribution in [0.5, 0.6) is 0 Å². The quantitative estimate of drug-likeness (QED) is 0.746. The number of aliphatic hydroxyl groups is 1. The minimum atomic E-state index is -0.575. The standard InChI is InChI=1S/C9H17NO2S/c1-4-6(2)13-7-5-8(11)10(3)9(7)12/h6-8,11H,4-5H2,1-3H3/t6-,7?,8?/m1/s1. The Hall–Kier alpha value is -0.220. The van der Waals surface area contributed by atoms with Gasteiger partial charge < -0.3 is 10.0 Å². The van der Waals surface area contributed by atoms with Gasteiger partial charge in [-0.05, 0) is 6.42 Å². The third kappa shape index (κ3) is 2.38. The average molecular weight is 203 g/mol. The van der Waals surface area contributed by atoms with Crippen LogP contribution in [0.4, 0.5) is 0 Å². The Morgan fingerprint density at radius 3 is 2.77 bits per heavy atom. The van der Waals surface area contributed by atoms with Crippen molar-refractivity contribution >= 4 is 17.7 Å². The molecule has 3 nitrogen and oxygen atoms in total. The number of carbonyl (C=O) groups excluding carboxylic acids is 1. The zero-order chi connectivity index (χ0) is 10.0. The highest BCUT2D eigenvalue weighted by molar-refractivity contribution is 8.01. The smallest absolute Gasteiger partial charge is 0.237 e. The lowest BCUT2D eigenvalue weighted by Gasteiger charge is -2.14. The molecule has 1 N–H and O–H groups in total. The lowest BCUT2D eigenvalue weighted by Crippen LogP contribution is -2.29. The lowest BCUT2D eigenvalue weighted by molar-refractivity contribution is -0.130. The summed E-state index contributed by atoms with van der Waals surface area (Å²) < 4.78 is 0. The van der Waals surface area contributed by atoms with Gasteiger partial charge in [0.25, 0.3) is 0 Å². The first-order valence-corrected chi connectivity index (χ1v) is 5.60. The Balaban J connectivity index is 2.49. The van der Waals surface area contributed by atoms with Crippen molar-refractivity contribution < 1.29 is 9.90 Å². The molecule has 76 valence electrons. The molecule has 2 unspecified atom stereocenters. The van der Waals surface area contributed by atoms with Crippen LogP contribution in [0, 0.1) is 0 Å². The van der Waals surface area contributed by atoms with Crippen molar-refractivity contribution in [2.24, 2.45) is 0 Å². The molecule has 4 heteroatoms. The van der Waals surface area contributed by atoms with E-state index in [1.807, 2.05) is 0 Å². The van der Waals surface area contributed by atoms with E-state index in [9.17, 15) is 9.90 Å². The van der Waals surface area contributed by atoms with Crippen LogP contribution in [0.2, 0.25) is 0 Å². The number of likely N-dealkylation sites (tertiary alicyclic amines) is 1. The van der Waals surface area contributed by atoms with Gasteiger partial charge in [-0.25, -0.2) is 0 Å². The van der Waals surface area contributed by atoms with Gasteiger partial charge in [-0.15, -0.1) is 11.8 Å². The second-order valence-electron chi connectivity index (χ2n) is 3.51. The van der Waals surface area contributed by atoms with E-state index < -0.39 is 6.23 Å². The fraction of sp³-hybridized carbons (Fsp3) is 0.889. The predicted molar refractivity (Wildman–Crippen MR) is 54.5 cm³/mol. The number of rotatable bonds is 3. The van der Waals surface area contributed by atoms with E-state index >= 15 is 0 Å². The van der Waals surface area contributed by atoms with E-state index in [4.69, 9.17) is 0 Å². The normalized spacial score (nSPS) is 31.1. The average Bonchev–Trinajstić information content (AvgIpc) is 2.34. The Labute approximate surface area is 83.5 Å². The highest BCUT2D eigenvalue weighted by Crippen LogP contribution is 2.30. The minimum absolute atomic E-state index is 0.0325. The van der Waals surface area contributed by atoms with Crippen LogP contribution < -0.4 is 0 Å². The van der Waals surface area contributed by atoms with Gasteiger partial charge in [0.2, 0.25) is 5.91 Å². The van der Waals surface area contributed by atoms with Gasteiger partial charge >= 0.3 is 0 Å². The van der Waals surface area contributed by atoms with E-state index in [0.29, 0.717) is 11.7 Å². The highest BCUT2D eigenvalue weighted by atomic mass is 32.2. The number of hydrogen-bond donors (Lipinski definition) is 1. The number of hydrogen-bond acceptors (Lipinski definition) is 3. The van der Waals surface area contributed by atoms with Crippen molar-refractivity contribution in [3.8, 4) is 0 Å². The van der Waals surface area contributed by atoms with Crippen LogP contribution in [0.15, 0.2) is 0 Å². The number of amides is 1. The zero-order valence-corrected chi connectivity index (χ0v) is 9.17. The summed E-state index contributed by atoms with van der Waals surface area (Å²) in [5, 5.41) is 9.88. The summed E-state index contributed by atoms with van der Waals surface area (Å²) in [5.74, 6) is 0.0674. The van der Waals surface area contributed by atoms with Crippen LogP contribution in [-0.2, 0) is 4.79 Å². The van der Waals surface area contributed by atoms with E-state index in [2.05, 4.69) is 13.8 Å². The Morgan fingerprint density at radius 2 is 2.38 bits per heavy atom. The molecule has 0 spiro atoms. The SMILES string of the molecule is CC[C@@H](C)SC1CC(O)N(C)C1=O. The van der Waals surface area contributed by atoms with Crippen LogP contribution in [-0.4, -0.2) is 39.7 Å². The van der Waals surface area contributed by atoms with Crippen LogP contribution in [0.1, 0.15) is 26.7 Å². The molecule has 1 rings (SSSR count). The maximum Gasteiger partial charge on any atom is 0.237 e. The molecular formula is C9H17NO2S. The van der Waals surface area contributed by atoms with Gasteiger partial charge in [0.1, 0.15) is 6.23 Å². The molecule has 1 saturated heterocycles. The van der Waals surface area contributed by atoms with E-state index in [0.717, 1.165) is 6.42 Å². The predicted octanol–water partition coefficient (Wildman–Crippen LogP) is 1.07. The summed E-state index contributed by atoms with van der Waals surface area (Å²) in [5.41, 5.74) is 0. The van der Waals surface area contributed by atoms with Crippen molar-refractivity contribution in [1.29, 1.82) is 0 Å². The number of carbonyl (C=O) groups is 1. The maximum atomic E-state index is 11.5. The fourth-order valence-electron chi connectivity index (χ4n) is 1.31. The largest absolute Gasteiger partial charge is 0.373 e. The summed E-state index contributed by atoms with van der Waals surface area (Å²) in [4.78, 5) is 12.9. The van der Waals surface area contributed by atoms with Gasteiger partial charge in [-0.2, -0.15) is 0 Å². The molecule has 1 heterocycles. The van der Waals surface area contributed by atoms with Crippen LogP contribution >= 0.6 is 11.8 Å². The summed E-state index contributed by atoms with van der Waals surface area (Å²) in [6.07, 6.45) is 1.06. The molecule has 0 saturated carbocycles. The molecule has 0 bridgehead atoms. The van der Waals surface area contributed by atoms with Gasteiger partial charge in [-0.1, -0.05) is 13.8 Å². The molecule has 3 atom stereocenters. The monoisotopic (exact) mass is 203 g/mol. The van der Waals surface area contributed by atoms with Crippen molar-refractivity contribution in [3.63, 3.8) is 0 Å². The molecule has 0 aromatic carbocycles. The molecule has 0 aliphatic carbocycles. The topological polar surface area (TPSA) is 40.5 Å². The van der Waals surface area contributed by atoms with Gasteiger partial charge in [0.05, 0.1) is 5.25 Å². The second kappa shape index (κ2) is 4.33. The summed E-state index contributed by atoms with van der Waals surface area (Å²) >= 11 is 1.67. The minimum Gasteiger partial charge on any atom is -0.373 e. The van der Waals surface area contributed by atoms with Gasteiger partial charge in [0.15, 0.2) is 0 Å². The first kappa shape index (κ1) is 10.9. The van der Waals surface area contributed by atoms with Crippen molar-refractivity contribution in [2.75, 3.05) is 7.05 Å².